The third-order valence-corrected chi connectivity index (χ3v) is 9.04. The minimum atomic E-state index is -0.191. The average Bonchev–Trinajstić information content (AvgIpc) is 3.21. The Hall–Kier alpha value is -1.64. The number of benzene rings is 1. The van der Waals surface area contributed by atoms with E-state index in [1.165, 1.54) is 24.2 Å². The van der Waals surface area contributed by atoms with Crippen LogP contribution < -0.4 is 10.0 Å². The lowest BCUT2D eigenvalue weighted by Crippen LogP contribution is -2.63. The van der Waals surface area contributed by atoms with Gasteiger partial charge in [-0.2, -0.15) is 0 Å². The maximum atomic E-state index is 11.9. The highest BCUT2D eigenvalue weighted by Gasteiger charge is 2.66. The maximum absolute atomic E-state index is 11.9. The molecule has 1 spiro atoms. The number of hydrogen-bond acceptors (Lipinski definition) is 4. The molecule has 0 aromatic heterocycles. The highest BCUT2D eigenvalue weighted by Crippen LogP contribution is 2.63. The highest BCUT2D eigenvalue weighted by molar-refractivity contribution is 7.49. The first-order valence-electron chi connectivity index (χ1n) is 9.75. The van der Waals surface area contributed by atoms with Gasteiger partial charge >= 0.3 is 5.97 Å². The van der Waals surface area contributed by atoms with Gasteiger partial charge in [-0.1, -0.05) is 32.9 Å². The highest BCUT2D eigenvalue weighted by atomic mass is 31.1. The predicted octanol–water partition coefficient (Wildman–Crippen LogP) is 2.63. The van der Waals surface area contributed by atoms with Crippen LogP contribution in [0, 0.1) is 11.8 Å². The van der Waals surface area contributed by atoms with Gasteiger partial charge in [0.25, 0.3) is 0 Å². The summed E-state index contributed by atoms with van der Waals surface area (Å²) < 4.78 is 11.4. The minimum absolute atomic E-state index is 0.121. The molecule has 0 N–H and O–H groups in total. The maximum Gasteiger partial charge on any atom is 0.302 e. The van der Waals surface area contributed by atoms with Gasteiger partial charge in [0.05, 0.1) is 7.11 Å². The number of carbonyl (C=O) groups is 1. The van der Waals surface area contributed by atoms with Crippen molar-refractivity contribution >= 4 is 19.9 Å². The normalized spacial score (nSPS) is 39.6. The fraction of sp³-hybridized carbons (Fsp3) is 0.500. The SMILES string of the molecule is C=CC1C(OC(C)=O)C2C=CCN3CCC4(c5ccc(OC)cc5PC14)C23. The van der Waals surface area contributed by atoms with E-state index >= 15 is 0 Å². The minimum Gasteiger partial charge on any atom is -0.497 e. The molecule has 1 aliphatic carbocycles. The Kier molecular flexibility index (Phi) is 4.00. The molecular formula is C22H26NO3P. The van der Waals surface area contributed by atoms with Crippen LogP contribution in [0.25, 0.3) is 0 Å². The number of esters is 1. The Labute approximate surface area is 162 Å². The van der Waals surface area contributed by atoms with Gasteiger partial charge in [0.15, 0.2) is 0 Å². The van der Waals surface area contributed by atoms with Crippen LogP contribution in [0.3, 0.4) is 0 Å². The van der Waals surface area contributed by atoms with Gasteiger partial charge in [-0.3, -0.25) is 9.69 Å². The second kappa shape index (κ2) is 6.18. The number of hydrogen-bond donors (Lipinski definition) is 0. The Morgan fingerprint density at radius 1 is 1.44 bits per heavy atom. The van der Waals surface area contributed by atoms with Crippen molar-refractivity contribution < 1.29 is 14.3 Å². The summed E-state index contributed by atoms with van der Waals surface area (Å²) in [4.78, 5) is 14.5. The third kappa shape index (κ3) is 2.26. The standard InChI is InChI=1S/C22H26NO3P/c1-4-15-19(26-13(2)24)16-6-5-10-23-11-9-22(20(16)23)17-8-7-14(25-3)12-18(17)27-21(15)22/h4-8,12,15-16,19-21,27H,1,9-11H2,2-3H3. The van der Waals surface area contributed by atoms with E-state index in [4.69, 9.17) is 9.47 Å². The molecule has 5 rings (SSSR count). The number of methoxy groups -OCH3 is 1. The first-order chi connectivity index (χ1) is 13.1. The monoisotopic (exact) mass is 383 g/mol. The molecule has 3 aliphatic heterocycles. The zero-order valence-corrected chi connectivity index (χ0v) is 16.9. The lowest BCUT2D eigenvalue weighted by molar-refractivity contribution is -0.155. The summed E-state index contributed by atoms with van der Waals surface area (Å²) in [5.74, 6) is 1.14. The van der Waals surface area contributed by atoms with Crippen LogP contribution in [0.2, 0.25) is 0 Å². The molecule has 4 nitrogen and oxygen atoms in total. The zero-order valence-electron chi connectivity index (χ0n) is 15.9. The van der Waals surface area contributed by atoms with Gasteiger partial charge in [0.1, 0.15) is 11.9 Å². The Morgan fingerprint density at radius 3 is 3.04 bits per heavy atom. The van der Waals surface area contributed by atoms with Gasteiger partial charge in [-0.15, -0.1) is 6.58 Å². The molecule has 1 aromatic carbocycles. The van der Waals surface area contributed by atoms with E-state index in [9.17, 15) is 4.79 Å². The van der Waals surface area contributed by atoms with Crippen LogP contribution in [0.15, 0.2) is 43.0 Å². The Balaban J connectivity index is 1.69. The van der Waals surface area contributed by atoms with Crippen LogP contribution in [-0.2, 0) is 14.9 Å². The van der Waals surface area contributed by atoms with Crippen molar-refractivity contribution in [2.75, 3.05) is 20.2 Å². The van der Waals surface area contributed by atoms with Gasteiger partial charge in [-0.05, 0) is 36.0 Å². The number of carbonyl (C=O) groups excluding carboxylic acids is 1. The van der Waals surface area contributed by atoms with Gasteiger partial charge in [-0.25, -0.2) is 0 Å². The van der Waals surface area contributed by atoms with Gasteiger partial charge in [0.2, 0.25) is 0 Å². The van der Waals surface area contributed by atoms with E-state index in [-0.39, 0.29) is 29.3 Å². The molecule has 1 saturated carbocycles. The van der Waals surface area contributed by atoms with E-state index in [0.717, 1.165) is 18.8 Å². The van der Waals surface area contributed by atoms with E-state index in [0.29, 0.717) is 20.3 Å². The molecule has 0 amide bonds. The summed E-state index contributed by atoms with van der Waals surface area (Å²) in [6.07, 6.45) is 7.66. The van der Waals surface area contributed by atoms with Crippen LogP contribution in [0.1, 0.15) is 18.9 Å². The van der Waals surface area contributed by atoms with E-state index in [1.54, 1.807) is 7.11 Å². The van der Waals surface area contributed by atoms with E-state index < -0.39 is 0 Å². The van der Waals surface area contributed by atoms with Gasteiger partial charge < -0.3 is 9.47 Å². The van der Waals surface area contributed by atoms with Crippen molar-refractivity contribution in [2.45, 2.75) is 36.6 Å². The van der Waals surface area contributed by atoms with Crippen molar-refractivity contribution in [3.8, 4) is 5.75 Å². The Bertz CT molecular complexity index is 837. The molecule has 4 aliphatic rings. The molecular weight excluding hydrogens is 357 g/mol. The van der Waals surface area contributed by atoms with Crippen LogP contribution in [0.4, 0.5) is 0 Å². The van der Waals surface area contributed by atoms with E-state index in [1.807, 2.05) is 0 Å². The third-order valence-electron chi connectivity index (χ3n) is 7.11. The first kappa shape index (κ1) is 17.5. The number of fused-ring (bicyclic) bond motifs is 1. The van der Waals surface area contributed by atoms with Crippen LogP contribution in [0.5, 0.6) is 5.75 Å². The van der Waals surface area contributed by atoms with Crippen molar-refractivity contribution in [3.05, 3.63) is 48.6 Å². The number of rotatable bonds is 3. The summed E-state index contributed by atoms with van der Waals surface area (Å²) in [6.45, 7) is 7.79. The fourth-order valence-corrected chi connectivity index (χ4v) is 8.54. The largest absolute Gasteiger partial charge is 0.497 e. The molecule has 1 saturated heterocycles. The summed E-state index contributed by atoms with van der Waals surface area (Å²) in [6, 6.07) is 7.03. The first-order valence-corrected chi connectivity index (χ1v) is 10.8. The average molecular weight is 383 g/mol. The molecule has 7 unspecified atom stereocenters. The molecule has 0 radical (unpaired) electrons. The number of nitrogens with zero attached hydrogens (tertiary/aromatic N) is 1. The lowest BCUT2D eigenvalue weighted by Gasteiger charge is -2.54. The zero-order chi connectivity index (χ0) is 18.8. The summed E-state index contributed by atoms with van der Waals surface area (Å²) in [7, 11) is 2.42. The fourth-order valence-electron chi connectivity index (χ4n) is 6.26. The molecule has 2 fully saturated rings. The van der Waals surface area contributed by atoms with Crippen molar-refractivity contribution in [2.24, 2.45) is 11.8 Å². The van der Waals surface area contributed by atoms with Crippen molar-refractivity contribution in [1.29, 1.82) is 0 Å². The Morgan fingerprint density at radius 2 is 2.30 bits per heavy atom. The second-order valence-electron chi connectivity index (χ2n) is 8.16. The molecule has 3 heterocycles. The molecule has 1 aromatic rings. The molecule has 142 valence electrons. The predicted molar refractivity (Wildman–Crippen MR) is 108 cm³/mol. The molecule has 0 bridgehead atoms. The van der Waals surface area contributed by atoms with Crippen LogP contribution >= 0.6 is 8.58 Å². The van der Waals surface area contributed by atoms with Crippen molar-refractivity contribution in [1.82, 2.24) is 4.90 Å². The van der Waals surface area contributed by atoms with E-state index in [2.05, 4.69) is 47.9 Å². The summed E-state index contributed by atoms with van der Waals surface area (Å²) >= 11 is 0. The smallest absolute Gasteiger partial charge is 0.302 e. The summed E-state index contributed by atoms with van der Waals surface area (Å²) in [5.41, 5.74) is 2.07. The van der Waals surface area contributed by atoms with Gasteiger partial charge in [0, 0.05) is 42.4 Å². The lowest BCUT2D eigenvalue weighted by atomic mass is 9.57. The van der Waals surface area contributed by atoms with Crippen molar-refractivity contribution in [3.63, 3.8) is 0 Å². The quantitative estimate of drug-likeness (QED) is 0.457. The molecule has 27 heavy (non-hydrogen) atoms. The summed E-state index contributed by atoms with van der Waals surface area (Å²) in [5, 5.41) is 1.42. The van der Waals surface area contributed by atoms with Crippen LogP contribution in [-0.4, -0.2) is 48.9 Å². The topological polar surface area (TPSA) is 38.8 Å². The molecule has 7 atom stereocenters. The number of ether oxygens (including phenoxy) is 2. The molecule has 5 heteroatoms. The second-order valence-corrected chi connectivity index (χ2v) is 9.61.